The van der Waals surface area contributed by atoms with Crippen molar-refractivity contribution < 1.29 is 62.3 Å². The Balaban J connectivity index is 2.35. The van der Waals surface area contributed by atoms with E-state index in [0.717, 1.165) is 33.8 Å². The van der Waals surface area contributed by atoms with E-state index in [1.165, 1.54) is 12.1 Å². The summed E-state index contributed by atoms with van der Waals surface area (Å²) in [6.07, 6.45) is -7.78. The Morgan fingerprint density at radius 3 is 2.00 bits per heavy atom. The second-order valence-corrected chi connectivity index (χ2v) is 8.28. The van der Waals surface area contributed by atoms with E-state index in [2.05, 4.69) is 0 Å². The van der Waals surface area contributed by atoms with Crippen LogP contribution in [-0.2, 0) is 42.9 Å². The molecule has 1 unspecified atom stereocenters. The van der Waals surface area contributed by atoms with Crippen molar-refractivity contribution in [3.8, 4) is 5.75 Å². The summed E-state index contributed by atoms with van der Waals surface area (Å²) in [7, 11) is 0. The van der Waals surface area contributed by atoms with Crippen molar-refractivity contribution in [1.29, 1.82) is 0 Å². The molecule has 0 amide bonds. The van der Waals surface area contributed by atoms with Crippen LogP contribution in [0.15, 0.2) is 27.4 Å². The van der Waals surface area contributed by atoms with E-state index < -0.39 is 78.2 Å². The number of fused-ring (bicyclic) bond motifs is 1. The normalized spacial score (nSPS) is 22.8. The monoisotopic (exact) mass is 536 g/mol. The predicted molar refractivity (Wildman–Crippen MR) is 122 cm³/mol. The molecule has 2 heterocycles. The molecule has 204 valence electrons. The standard InChI is InChI=1S/C24H24O14/c1-9(25)33-8-16-19(34-10(2)26)21(35-11(3)27)22(36-12(4)28)20(37-16)17-14-6-5-13(29)7-15(14)38-24(32)18(17)23(30)31/h5-7,16,19-22,29H,8H2,1-4H3,(H,30,31)/t16-,19+,20?,21+,22+/m1/s1. The fourth-order valence-corrected chi connectivity index (χ4v) is 4.17. The van der Waals surface area contributed by atoms with Crippen LogP contribution in [0.3, 0.4) is 0 Å². The third kappa shape index (κ3) is 6.08. The highest BCUT2D eigenvalue weighted by atomic mass is 16.7. The molecular formula is C24H24O14. The fourth-order valence-electron chi connectivity index (χ4n) is 4.17. The van der Waals surface area contributed by atoms with Crippen LogP contribution in [0.5, 0.6) is 5.75 Å². The van der Waals surface area contributed by atoms with E-state index in [1.54, 1.807) is 0 Å². The highest BCUT2D eigenvalue weighted by Crippen LogP contribution is 2.41. The highest BCUT2D eigenvalue weighted by Gasteiger charge is 2.54. The quantitative estimate of drug-likeness (QED) is 0.288. The van der Waals surface area contributed by atoms with Gasteiger partial charge in [0.05, 0.1) is 0 Å². The molecule has 2 N–H and O–H groups in total. The number of carboxylic acid groups (broad SMARTS) is 1. The minimum atomic E-state index is -1.73. The van der Waals surface area contributed by atoms with Crippen LogP contribution in [-0.4, -0.2) is 71.1 Å². The molecule has 1 fully saturated rings. The highest BCUT2D eigenvalue weighted by molar-refractivity contribution is 5.95. The van der Waals surface area contributed by atoms with E-state index in [4.69, 9.17) is 28.1 Å². The van der Waals surface area contributed by atoms with E-state index in [0.29, 0.717) is 0 Å². The maximum Gasteiger partial charge on any atom is 0.351 e. The van der Waals surface area contributed by atoms with Gasteiger partial charge in [0.15, 0.2) is 23.9 Å². The van der Waals surface area contributed by atoms with Crippen LogP contribution >= 0.6 is 0 Å². The third-order valence-electron chi connectivity index (χ3n) is 5.42. The second kappa shape index (κ2) is 11.3. The Kier molecular flexibility index (Phi) is 8.36. The zero-order valence-corrected chi connectivity index (χ0v) is 20.6. The molecule has 0 saturated carbocycles. The van der Waals surface area contributed by atoms with Crippen molar-refractivity contribution in [2.24, 2.45) is 0 Å². The Morgan fingerprint density at radius 1 is 0.868 bits per heavy atom. The topological polar surface area (TPSA) is 202 Å². The molecule has 0 bridgehead atoms. The Morgan fingerprint density at radius 2 is 1.45 bits per heavy atom. The van der Waals surface area contributed by atoms with Crippen LogP contribution in [0, 0.1) is 0 Å². The van der Waals surface area contributed by atoms with E-state index in [9.17, 15) is 39.0 Å². The summed E-state index contributed by atoms with van der Waals surface area (Å²) in [5, 5.41) is 19.7. The van der Waals surface area contributed by atoms with Crippen molar-refractivity contribution >= 4 is 40.8 Å². The van der Waals surface area contributed by atoms with Crippen molar-refractivity contribution in [1.82, 2.24) is 0 Å². The second-order valence-electron chi connectivity index (χ2n) is 8.28. The Bertz CT molecular complexity index is 1340. The number of carbonyl (C=O) groups is 5. The number of ether oxygens (including phenoxy) is 5. The molecule has 2 aromatic rings. The molecule has 0 spiro atoms. The van der Waals surface area contributed by atoms with Gasteiger partial charge in [0.2, 0.25) is 0 Å². The largest absolute Gasteiger partial charge is 0.508 e. The molecular weight excluding hydrogens is 512 g/mol. The number of carbonyl (C=O) groups excluding carboxylic acids is 4. The van der Waals surface area contributed by atoms with Gasteiger partial charge in [0.1, 0.15) is 30.1 Å². The van der Waals surface area contributed by atoms with E-state index >= 15 is 0 Å². The number of esters is 4. The summed E-state index contributed by atoms with van der Waals surface area (Å²) in [6, 6.07) is 3.48. The van der Waals surface area contributed by atoms with Crippen molar-refractivity contribution in [2.75, 3.05) is 6.61 Å². The summed E-state index contributed by atoms with van der Waals surface area (Å²) in [5.74, 6) is -5.44. The molecule has 5 atom stereocenters. The number of hydrogen-bond donors (Lipinski definition) is 2. The number of aromatic carboxylic acids is 1. The van der Waals surface area contributed by atoms with Gasteiger partial charge in [-0.1, -0.05) is 0 Å². The number of carboxylic acids is 1. The lowest BCUT2D eigenvalue weighted by atomic mass is 9.87. The summed E-state index contributed by atoms with van der Waals surface area (Å²) in [5.41, 5.74) is -2.80. The van der Waals surface area contributed by atoms with Gasteiger partial charge in [0.25, 0.3) is 0 Å². The van der Waals surface area contributed by atoms with Crippen LogP contribution < -0.4 is 5.63 Å². The summed E-state index contributed by atoms with van der Waals surface area (Å²) in [6.45, 7) is 3.63. The molecule has 1 aliphatic heterocycles. The van der Waals surface area contributed by atoms with Gasteiger partial charge in [-0.05, 0) is 12.1 Å². The number of phenols is 1. The minimum absolute atomic E-state index is 0.0271. The van der Waals surface area contributed by atoms with Crippen LogP contribution in [0.25, 0.3) is 11.0 Å². The number of hydrogen-bond acceptors (Lipinski definition) is 13. The fraction of sp³-hybridized carbons (Fsp3) is 0.417. The van der Waals surface area contributed by atoms with E-state index in [-0.39, 0.29) is 22.3 Å². The average Bonchev–Trinajstić information content (AvgIpc) is 2.78. The van der Waals surface area contributed by atoms with Crippen molar-refractivity contribution in [2.45, 2.75) is 58.2 Å². The van der Waals surface area contributed by atoms with Crippen molar-refractivity contribution in [3.05, 3.63) is 39.7 Å². The van der Waals surface area contributed by atoms with Crippen molar-refractivity contribution in [3.63, 3.8) is 0 Å². The summed E-state index contributed by atoms with van der Waals surface area (Å²) in [4.78, 5) is 72.5. The molecule has 14 heteroatoms. The number of aromatic hydroxyl groups is 1. The first-order valence-electron chi connectivity index (χ1n) is 11.1. The van der Waals surface area contributed by atoms with Crippen LogP contribution in [0.2, 0.25) is 0 Å². The minimum Gasteiger partial charge on any atom is -0.508 e. The molecule has 14 nitrogen and oxygen atoms in total. The molecule has 0 radical (unpaired) electrons. The maximum absolute atomic E-state index is 12.7. The van der Waals surface area contributed by atoms with Crippen LogP contribution in [0.4, 0.5) is 0 Å². The van der Waals surface area contributed by atoms with Gasteiger partial charge in [-0.3, -0.25) is 19.2 Å². The first kappa shape index (κ1) is 28.1. The summed E-state index contributed by atoms with van der Waals surface area (Å²) >= 11 is 0. The molecule has 3 rings (SSSR count). The molecule has 0 aliphatic carbocycles. The SMILES string of the molecule is CC(=O)OC[C@H]1OC(c2c(C(=O)O)c(=O)oc3cc(O)ccc23)[C@H](OC(C)=O)[C@@H](OC(C)=O)[C@H]1OC(C)=O. The van der Waals surface area contributed by atoms with Gasteiger partial charge in [-0.15, -0.1) is 0 Å². The zero-order valence-electron chi connectivity index (χ0n) is 20.6. The molecule has 1 aromatic heterocycles. The number of rotatable bonds is 7. The molecule has 1 aromatic carbocycles. The Hall–Kier alpha value is -4.46. The van der Waals surface area contributed by atoms with E-state index in [1.807, 2.05) is 0 Å². The van der Waals surface area contributed by atoms with Crippen LogP contribution in [0.1, 0.15) is 49.7 Å². The lowest BCUT2D eigenvalue weighted by Gasteiger charge is -2.44. The third-order valence-corrected chi connectivity index (χ3v) is 5.42. The first-order chi connectivity index (χ1) is 17.8. The molecule has 1 saturated heterocycles. The molecule has 1 aliphatic rings. The van der Waals surface area contributed by atoms with Gasteiger partial charge in [-0.25, -0.2) is 9.59 Å². The lowest BCUT2D eigenvalue weighted by Crippen LogP contribution is -2.59. The zero-order chi connectivity index (χ0) is 28.3. The van der Waals surface area contributed by atoms with Gasteiger partial charge in [0, 0.05) is 44.7 Å². The number of benzene rings is 1. The lowest BCUT2D eigenvalue weighted by molar-refractivity contribution is -0.254. The Labute approximate surface area is 214 Å². The predicted octanol–water partition coefficient (Wildman–Crippen LogP) is 0.995. The first-order valence-corrected chi connectivity index (χ1v) is 11.1. The maximum atomic E-state index is 12.7. The number of phenolic OH excluding ortho intramolecular Hbond substituents is 1. The molecule has 38 heavy (non-hydrogen) atoms. The smallest absolute Gasteiger partial charge is 0.351 e. The average molecular weight is 536 g/mol. The van der Waals surface area contributed by atoms with Gasteiger partial charge >= 0.3 is 35.5 Å². The van der Waals surface area contributed by atoms with Gasteiger partial charge < -0.3 is 38.3 Å². The summed E-state index contributed by atoms with van der Waals surface area (Å²) < 4.78 is 32.2. The van der Waals surface area contributed by atoms with Gasteiger partial charge in [-0.2, -0.15) is 0 Å².